The Morgan fingerprint density at radius 1 is 1.10 bits per heavy atom. The summed E-state index contributed by atoms with van der Waals surface area (Å²) in [6.07, 6.45) is 0. The van der Waals surface area contributed by atoms with Gasteiger partial charge in [-0.15, -0.1) is 11.3 Å². The number of fused-ring (bicyclic) bond motifs is 1. The van der Waals surface area contributed by atoms with Crippen LogP contribution in [0, 0.1) is 13.8 Å². The number of rotatable bonds is 3. The summed E-state index contributed by atoms with van der Waals surface area (Å²) in [5.74, 6) is 2.41. The highest BCUT2D eigenvalue weighted by Crippen LogP contribution is 2.26. The lowest BCUT2D eigenvalue weighted by Gasteiger charge is -2.12. The minimum atomic E-state index is 0.737. The van der Waals surface area contributed by atoms with Crippen molar-refractivity contribution in [1.82, 2.24) is 15.0 Å². The molecule has 0 amide bonds. The van der Waals surface area contributed by atoms with E-state index in [0.717, 1.165) is 38.9 Å². The van der Waals surface area contributed by atoms with Gasteiger partial charge in [0.25, 0.3) is 0 Å². The van der Waals surface area contributed by atoms with Crippen molar-refractivity contribution in [3.8, 4) is 0 Å². The molecule has 0 radical (unpaired) electrons. The first kappa shape index (κ1) is 12.8. The average Bonchev–Trinajstić information content (AvgIpc) is 2.90. The first-order valence-corrected chi connectivity index (χ1v) is 7.18. The summed E-state index contributed by atoms with van der Waals surface area (Å²) >= 11 is 1.63. The van der Waals surface area contributed by atoms with Crippen molar-refractivity contribution >= 4 is 38.9 Å². The molecule has 0 aliphatic heterocycles. The molecule has 0 unspecified atom stereocenters. The van der Waals surface area contributed by atoms with Gasteiger partial charge in [-0.25, -0.2) is 15.0 Å². The molecule has 0 bridgehead atoms. The number of aryl methyl sites for hydroxylation is 1. The van der Waals surface area contributed by atoms with Crippen molar-refractivity contribution in [2.45, 2.75) is 13.8 Å². The van der Waals surface area contributed by atoms with E-state index >= 15 is 0 Å². The Morgan fingerprint density at radius 2 is 1.90 bits per heavy atom. The zero-order valence-electron chi connectivity index (χ0n) is 11.6. The summed E-state index contributed by atoms with van der Waals surface area (Å²) in [4.78, 5) is 13.1. The molecule has 102 valence electrons. The first-order valence-electron chi connectivity index (χ1n) is 6.30. The predicted octanol–water partition coefficient (Wildman–Crippen LogP) is 3.49. The normalized spacial score (nSPS) is 10.8. The fraction of sp³-hybridized carbons (Fsp3) is 0.214. The van der Waals surface area contributed by atoms with E-state index in [1.807, 2.05) is 38.5 Å². The van der Waals surface area contributed by atoms with Gasteiger partial charge in [0.2, 0.25) is 0 Å². The molecule has 0 atom stereocenters. The van der Waals surface area contributed by atoms with Crippen molar-refractivity contribution < 1.29 is 0 Å². The highest BCUT2D eigenvalue weighted by Gasteiger charge is 2.08. The third-order valence-electron chi connectivity index (χ3n) is 3.09. The lowest BCUT2D eigenvalue weighted by Crippen LogP contribution is -2.05. The second-order valence-corrected chi connectivity index (χ2v) is 5.39. The van der Waals surface area contributed by atoms with Gasteiger partial charge in [0, 0.05) is 18.3 Å². The molecular formula is C14H15N5S. The summed E-state index contributed by atoms with van der Waals surface area (Å²) < 4.78 is 1.16. The Labute approximate surface area is 121 Å². The number of nitrogens with zero attached hydrogens (tertiary/aromatic N) is 3. The molecule has 5 nitrogen and oxygen atoms in total. The van der Waals surface area contributed by atoms with Crippen LogP contribution in [-0.2, 0) is 0 Å². The van der Waals surface area contributed by atoms with Crippen molar-refractivity contribution in [3.63, 3.8) is 0 Å². The lowest BCUT2D eigenvalue weighted by atomic mass is 10.2. The zero-order chi connectivity index (χ0) is 14.1. The maximum Gasteiger partial charge on any atom is 0.139 e. The summed E-state index contributed by atoms with van der Waals surface area (Å²) in [5, 5.41) is 6.45. The van der Waals surface area contributed by atoms with E-state index in [4.69, 9.17) is 0 Å². The molecule has 1 aromatic carbocycles. The maximum absolute atomic E-state index is 4.47. The van der Waals surface area contributed by atoms with E-state index < -0.39 is 0 Å². The van der Waals surface area contributed by atoms with E-state index in [9.17, 15) is 0 Å². The van der Waals surface area contributed by atoms with Gasteiger partial charge in [0.15, 0.2) is 0 Å². The molecule has 0 spiro atoms. The van der Waals surface area contributed by atoms with Gasteiger partial charge in [-0.3, -0.25) is 0 Å². The van der Waals surface area contributed by atoms with Crippen LogP contribution in [0.25, 0.3) is 10.2 Å². The minimum absolute atomic E-state index is 0.737. The molecule has 2 aromatic heterocycles. The van der Waals surface area contributed by atoms with Crippen LogP contribution >= 0.6 is 11.3 Å². The molecule has 3 aromatic rings. The van der Waals surface area contributed by atoms with E-state index in [1.54, 1.807) is 11.3 Å². The highest BCUT2D eigenvalue weighted by molar-refractivity contribution is 7.16. The molecule has 0 saturated heterocycles. The summed E-state index contributed by atoms with van der Waals surface area (Å²) in [7, 11) is 1.86. The summed E-state index contributed by atoms with van der Waals surface area (Å²) in [5.41, 5.74) is 4.88. The minimum Gasteiger partial charge on any atom is -0.373 e. The third-order valence-corrected chi connectivity index (χ3v) is 3.88. The second-order valence-electron chi connectivity index (χ2n) is 4.50. The molecule has 20 heavy (non-hydrogen) atoms. The number of thiazole rings is 1. The van der Waals surface area contributed by atoms with E-state index in [2.05, 4.69) is 31.7 Å². The number of anilines is 3. The summed E-state index contributed by atoms with van der Waals surface area (Å²) in [6.45, 7) is 3.89. The number of hydrogen-bond donors (Lipinski definition) is 2. The Kier molecular flexibility index (Phi) is 3.23. The molecule has 0 saturated carbocycles. The second kappa shape index (κ2) is 5.05. The Hall–Kier alpha value is -2.21. The predicted molar refractivity (Wildman–Crippen MR) is 84.0 cm³/mol. The van der Waals surface area contributed by atoms with Crippen molar-refractivity contribution in [1.29, 1.82) is 0 Å². The van der Waals surface area contributed by atoms with Gasteiger partial charge in [0.05, 0.1) is 15.7 Å². The molecule has 0 aliphatic rings. The molecule has 2 heterocycles. The standard InChI is InChI=1S/C14H15N5S/c1-8-13(15-3)17-9(2)18-14(8)19-10-4-5-11-12(6-10)20-7-16-11/h4-7H,1-3H3,(H2,15,17,18,19). The summed E-state index contributed by atoms with van der Waals surface area (Å²) in [6, 6.07) is 6.11. The van der Waals surface area contributed by atoms with Gasteiger partial charge in [-0.2, -0.15) is 0 Å². The van der Waals surface area contributed by atoms with Crippen LogP contribution in [0.15, 0.2) is 23.7 Å². The first-order chi connectivity index (χ1) is 9.67. The van der Waals surface area contributed by atoms with Crippen molar-refractivity contribution in [3.05, 3.63) is 35.1 Å². The van der Waals surface area contributed by atoms with Gasteiger partial charge in [0.1, 0.15) is 17.5 Å². The van der Waals surface area contributed by atoms with Crippen LogP contribution in [0.1, 0.15) is 11.4 Å². The van der Waals surface area contributed by atoms with Crippen LogP contribution in [0.2, 0.25) is 0 Å². The van der Waals surface area contributed by atoms with Crippen LogP contribution in [0.4, 0.5) is 17.3 Å². The molecule has 3 rings (SSSR count). The van der Waals surface area contributed by atoms with E-state index in [0.29, 0.717) is 0 Å². The van der Waals surface area contributed by atoms with E-state index in [1.165, 1.54) is 0 Å². The Morgan fingerprint density at radius 3 is 2.70 bits per heavy atom. The molecular weight excluding hydrogens is 270 g/mol. The fourth-order valence-corrected chi connectivity index (χ4v) is 2.78. The number of aromatic nitrogens is 3. The van der Waals surface area contributed by atoms with Gasteiger partial charge in [-0.1, -0.05) is 0 Å². The monoisotopic (exact) mass is 285 g/mol. The van der Waals surface area contributed by atoms with Crippen molar-refractivity contribution in [2.75, 3.05) is 17.7 Å². The maximum atomic E-state index is 4.47. The lowest BCUT2D eigenvalue weighted by molar-refractivity contribution is 1.04. The number of hydrogen-bond acceptors (Lipinski definition) is 6. The van der Waals surface area contributed by atoms with Crippen molar-refractivity contribution in [2.24, 2.45) is 0 Å². The molecule has 0 aliphatic carbocycles. The van der Waals surface area contributed by atoms with Gasteiger partial charge < -0.3 is 10.6 Å². The van der Waals surface area contributed by atoms with Crippen LogP contribution in [0.3, 0.4) is 0 Å². The van der Waals surface area contributed by atoms with Gasteiger partial charge in [-0.05, 0) is 32.0 Å². The van der Waals surface area contributed by atoms with E-state index in [-0.39, 0.29) is 0 Å². The third kappa shape index (κ3) is 2.30. The topological polar surface area (TPSA) is 62.7 Å². The van der Waals surface area contributed by atoms with Crippen LogP contribution < -0.4 is 10.6 Å². The quantitative estimate of drug-likeness (QED) is 0.771. The largest absolute Gasteiger partial charge is 0.373 e. The van der Waals surface area contributed by atoms with Crippen LogP contribution in [-0.4, -0.2) is 22.0 Å². The molecule has 6 heteroatoms. The molecule has 2 N–H and O–H groups in total. The Balaban J connectivity index is 1.99. The SMILES string of the molecule is CNc1nc(C)nc(Nc2ccc3ncsc3c2)c1C. The zero-order valence-corrected chi connectivity index (χ0v) is 12.4. The molecule has 0 fully saturated rings. The number of nitrogens with one attached hydrogen (secondary N) is 2. The Bertz CT molecular complexity index is 765. The number of benzene rings is 1. The van der Waals surface area contributed by atoms with Gasteiger partial charge >= 0.3 is 0 Å². The van der Waals surface area contributed by atoms with Crippen LogP contribution in [0.5, 0.6) is 0 Å². The fourth-order valence-electron chi connectivity index (χ4n) is 2.06. The highest BCUT2D eigenvalue weighted by atomic mass is 32.1. The smallest absolute Gasteiger partial charge is 0.139 e. The average molecular weight is 285 g/mol.